The summed E-state index contributed by atoms with van der Waals surface area (Å²) in [4.78, 5) is 17.8. The second-order valence-corrected chi connectivity index (χ2v) is 7.90. The Kier molecular flexibility index (Phi) is 4.98. The van der Waals surface area contributed by atoms with Gasteiger partial charge in [-0.1, -0.05) is 6.07 Å². The monoisotopic (exact) mass is 310 g/mol. The molecule has 0 aromatic carbocycles. The fraction of sp³-hybridized carbons (Fsp3) is 0.600. The predicted octanol–water partition coefficient (Wildman–Crippen LogP) is 2.34. The van der Waals surface area contributed by atoms with Crippen molar-refractivity contribution < 1.29 is 13.7 Å². The molecule has 0 aliphatic carbocycles. The molecule has 1 aliphatic heterocycles. The first kappa shape index (κ1) is 15.9. The van der Waals surface area contributed by atoms with Crippen molar-refractivity contribution in [2.24, 2.45) is 0 Å². The van der Waals surface area contributed by atoms with Crippen molar-refractivity contribution in [1.29, 1.82) is 0 Å². The van der Waals surface area contributed by atoms with Crippen molar-refractivity contribution in [2.45, 2.75) is 43.8 Å². The van der Waals surface area contributed by atoms with E-state index in [9.17, 15) is 9.00 Å². The van der Waals surface area contributed by atoms with Crippen LogP contribution in [0, 0.1) is 0 Å². The molecule has 0 unspecified atom stereocenters. The van der Waals surface area contributed by atoms with E-state index in [1.807, 2.05) is 39.0 Å². The molecule has 1 amide bonds. The number of pyridine rings is 1. The number of amides is 1. The molecule has 1 aromatic heterocycles. The number of nitrogens with zero attached hydrogens (tertiary/aromatic N) is 2. The Morgan fingerprint density at radius 3 is 2.86 bits per heavy atom. The molecule has 2 heterocycles. The van der Waals surface area contributed by atoms with Crippen molar-refractivity contribution in [2.75, 3.05) is 13.1 Å². The SMILES string of the molecule is CC(C)(C)OC(=O)N1CC[C@H]([S@@](=O)Cc2ccccn2)C1. The van der Waals surface area contributed by atoms with E-state index in [0.717, 1.165) is 12.1 Å². The van der Waals surface area contributed by atoms with E-state index in [1.165, 1.54) is 0 Å². The molecule has 1 fully saturated rings. The van der Waals surface area contributed by atoms with Gasteiger partial charge in [-0.05, 0) is 39.3 Å². The van der Waals surface area contributed by atoms with Gasteiger partial charge in [-0.2, -0.15) is 0 Å². The molecule has 0 N–H and O–H groups in total. The van der Waals surface area contributed by atoms with E-state index in [-0.39, 0.29) is 11.3 Å². The quantitative estimate of drug-likeness (QED) is 0.860. The average molecular weight is 310 g/mol. The Morgan fingerprint density at radius 2 is 2.24 bits per heavy atom. The molecule has 116 valence electrons. The Morgan fingerprint density at radius 1 is 1.48 bits per heavy atom. The first-order chi connectivity index (χ1) is 9.85. The molecule has 2 rings (SSSR count). The lowest BCUT2D eigenvalue weighted by Gasteiger charge is -2.24. The van der Waals surface area contributed by atoms with Crippen molar-refractivity contribution in [3.8, 4) is 0 Å². The standard InChI is InChI=1S/C15H22N2O3S/c1-15(2,3)20-14(18)17-9-7-13(10-17)21(19)11-12-6-4-5-8-16-12/h4-6,8,13H,7,9-11H2,1-3H3/t13-,21-/m0/s1. The zero-order valence-corrected chi connectivity index (χ0v) is 13.6. The third-order valence-corrected chi connectivity index (χ3v) is 4.89. The molecule has 0 spiro atoms. The highest BCUT2D eigenvalue weighted by Crippen LogP contribution is 2.20. The molecule has 5 nitrogen and oxygen atoms in total. The Labute approximate surface area is 128 Å². The van der Waals surface area contributed by atoms with Crippen molar-refractivity contribution in [3.05, 3.63) is 30.1 Å². The molecular formula is C15H22N2O3S. The maximum atomic E-state index is 12.4. The topological polar surface area (TPSA) is 59.5 Å². The van der Waals surface area contributed by atoms with Crippen LogP contribution in [0.5, 0.6) is 0 Å². The van der Waals surface area contributed by atoms with Gasteiger partial charge in [0.05, 0.1) is 16.7 Å². The zero-order chi connectivity index (χ0) is 15.5. The molecular weight excluding hydrogens is 288 g/mol. The lowest BCUT2D eigenvalue weighted by molar-refractivity contribution is 0.0295. The molecule has 0 bridgehead atoms. The summed E-state index contributed by atoms with van der Waals surface area (Å²) in [7, 11) is -1.02. The summed E-state index contributed by atoms with van der Waals surface area (Å²) >= 11 is 0. The minimum atomic E-state index is -1.02. The van der Waals surface area contributed by atoms with Crippen LogP contribution in [-0.2, 0) is 21.3 Å². The molecule has 6 heteroatoms. The summed E-state index contributed by atoms with van der Waals surface area (Å²) in [5.41, 5.74) is 0.328. The van der Waals surface area contributed by atoms with Crippen LogP contribution in [0.2, 0.25) is 0 Å². The van der Waals surface area contributed by atoms with Gasteiger partial charge in [0.1, 0.15) is 5.60 Å². The van der Waals surface area contributed by atoms with E-state index in [0.29, 0.717) is 18.8 Å². The highest BCUT2D eigenvalue weighted by atomic mass is 32.2. The van der Waals surface area contributed by atoms with Crippen LogP contribution >= 0.6 is 0 Å². The van der Waals surface area contributed by atoms with E-state index in [4.69, 9.17) is 4.74 Å². The smallest absolute Gasteiger partial charge is 0.410 e. The lowest BCUT2D eigenvalue weighted by atomic mass is 10.2. The summed E-state index contributed by atoms with van der Waals surface area (Å²) in [6.45, 7) is 6.63. The van der Waals surface area contributed by atoms with Crippen LogP contribution in [0.1, 0.15) is 32.9 Å². The minimum Gasteiger partial charge on any atom is -0.444 e. The van der Waals surface area contributed by atoms with Crippen LogP contribution < -0.4 is 0 Å². The van der Waals surface area contributed by atoms with Gasteiger partial charge < -0.3 is 9.64 Å². The van der Waals surface area contributed by atoms with Gasteiger partial charge >= 0.3 is 6.09 Å². The number of ether oxygens (including phenoxy) is 1. The van der Waals surface area contributed by atoms with E-state index < -0.39 is 16.4 Å². The third-order valence-electron chi connectivity index (χ3n) is 3.18. The lowest BCUT2D eigenvalue weighted by Crippen LogP contribution is -2.36. The van der Waals surface area contributed by atoms with Crippen molar-refractivity contribution >= 4 is 16.9 Å². The second-order valence-electron chi connectivity index (χ2n) is 6.18. The number of hydrogen-bond donors (Lipinski definition) is 0. The Balaban J connectivity index is 1.87. The van der Waals surface area contributed by atoms with Gasteiger partial charge in [0.25, 0.3) is 0 Å². The van der Waals surface area contributed by atoms with Gasteiger partial charge in [0.2, 0.25) is 0 Å². The molecule has 0 saturated carbocycles. The molecule has 1 aromatic rings. The van der Waals surface area contributed by atoms with E-state index in [1.54, 1.807) is 11.1 Å². The number of hydrogen-bond acceptors (Lipinski definition) is 4. The highest BCUT2D eigenvalue weighted by molar-refractivity contribution is 7.84. The number of carbonyl (C=O) groups excluding carboxylic acids is 1. The number of likely N-dealkylation sites (tertiary alicyclic amines) is 1. The first-order valence-corrected chi connectivity index (χ1v) is 8.48. The van der Waals surface area contributed by atoms with Crippen molar-refractivity contribution in [3.63, 3.8) is 0 Å². The molecule has 21 heavy (non-hydrogen) atoms. The third kappa shape index (κ3) is 4.81. The number of rotatable bonds is 3. The second kappa shape index (κ2) is 6.56. The fourth-order valence-electron chi connectivity index (χ4n) is 2.18. The zero-order valence-electron chi connectivity index (χ0n) is 12.7. The number of aromatic nitrogens is 1. The Bertz CT molecular complexity index is 513. The molecule has 1 saturated heterocycles. The summed E-state index contributed by atoms with van der Waals surface area (Å²) in [6, 6.07) is 5.60. The van der Waals surface area contributed by atoms with Crippen LogP contribution in [0.3, 0.4) is 0 Å². The first-order valence-electron chi connectivity index (χ1n) is 7.10. The fourth-order valence-corrected chi connectivity index (χ4v) is 3.59. The van der Waals surface area contributed by atoms with Gasteiger partial charge in [0, 0.05) is 30.1 Å². The summed E-state index contributed by atoms with van der Waals surface area (Å²) in [5.74, 6) is 0.438. The van der Waals surface area contributed by atoms with Crippen LogP contribution in [0.4, 0.5) is 4.79 Å². The maximum absolute atomic E-state index is 12.4. The van der Waals surface area contributed by atoms with Crippen LogP contribution in [0.25, 0.3) is 0 Å². The molecule has 2 atom stereocenters. The normalized spacial score (nSPS) is 20.3. The highest BCUT2D eigenvalue weighted by Gasteiger charge is 2.32. The summed E-state index contributed by atoms with van der Waals surface area (Å²) in [6.07, 6.45) is 2.13. The van der Waals surface area contributed by atoms with Crippen LogP contribution in [-0.4, -0.2) is 44.1 Å². The summed E-state index contributed by atoms with van der Waals surface area (Å²) in [5, 5.41) is -0.000440. The number of carbonyl (C=O) groups is 1. The van der Waals surface area contributed by atoms with E-state index >= 15 is 0 Å². The van der Waals surface area contributed by atoms with Gasteiger partial charge in [0.15, 0.2) is 0 Å². The van der Waals surface area contributed by atoms with Gasteiger partial charge in [-0.15, -0.1) is 0 Å². The van der Waals surface area contributed by atoms with E-state index in [2.05, 4.69) is 4.98 Å². The van der Waals surface area contributed by atoms with Gasteiger partial charge in [-0.25, -0.2) is 4.79 Å². The average Bonchev–Trinajstić information content (AvgIpc) is 2.87. The molecule has 1 aliphatic rings. The Hall–Kier alpha value is -1.43. The summed E-state index contributed by atoms with van der Waals surface area (Å²) < 4.78 is 17.7. The largest absolute Gasteiger partial charge is 0.444 e. The predicted molar refractivity (Wildman–Crippen MR) is 82.3 cm³/mol. The molecule has 0 radical (unpaired) electrons. The minimum absolute atomic E-state index is 0.000440. The van der Waals surface area contributed by atoms with Gasteiger partial charge in [-0.3, -0.25) is 9.19 Å². The van der Waals surface area contributed by atoms with Crippen molar-refractivity contribution in [1.82, 2.24) is 9.88 Å². The van der Waals surface area contributed by atoms with Crippen LogP contribution in [0.15, 0.2) is 24.4 Å². The maximum Gasteiger partial charge on any atom is 0.410 e.